The Labute approximate surface area is 168 Å². The molecule has 2 heterocycles. The normalized spacial score (nSPS) is 19.2. The van der Waals surface area contributed by atoms with Crippen LogP contribution < -0.4 is 5.32 Å². The number of amides is 1. The van der Waals surface area contributed by atoms with Crippen molar-refractivity contribution in [2.75, 3.05) is 18.4 Å². The Hall–Kier alpha value is -1.60. The van der Waals surface area contributed by atoms with E-state index in [0.717, 1.165) is 41.0 Å². The predicted octanol–water partition coefficient (Wildman–Crippen LogP) is 4.74. The van der Waals surface area contributed by atoms with Crippen molar-refractivity contribution in [2.45, 2.75) is 60.6 Å². The number of rotatable bonds is 6. The van der Waals surface area contributed by atoms with Gasteiger partial charge in [-0.3, -0.25) is 4.79 Å². The highest BCUT2D eigenvalue weighted by Gasteiger charge is 2.30. The minimum absolute atomic E-state index is 0.195. The number of nitrogens with zero attached hydrogens (tertiary/aromatic N) is 3. The van der Waals surface area contributed by atoms with Gasteiger partial charge in [0.15, 0.2) is 4.34 Å². The molecule has 1 aliphatic carbocycles. The fourth-order valence-corrected chi connectivity index (χ4v) is 5.94. The molecule has 1 N–H and O–H groups in total. The van der Waals surface area contributed by atoms with Crippen molar-refractivity contribution < 1.29 is 4.79 Å². The van der Waals surface area contributed by atoms with E-state index in [9.17, 15) is 4.79 Å². The Kier molecular flexibility index (Phi) is 6.29. The molecule has 1 amide bonds. The molecule has 1 atom stereocenters. The summed E-state index contributed by atoms with van der Waals surface area (Å²) < 4.78 is 0.856. The van der Waals surface area contributed by atoms with Gasteiger partial charge in [-0.05, 0) is 31.2 Å². The Balaban J connectivity index is 1.47. The maximum absolute atomic E-state index is 13.1. The number of anilines is 1. The Morgan fingerprint density at radius 2 is 1.81 bits per heavy atom. The molecule has 1 aromatic carbocycles. The first-order chi connectivity index (χ1) is 13.3. The number of nitrogens with one attached hydrogen (secondary N) is 1. The van der Waals surface area contributed by atoms with Gasteiger partial charge in [0.25, 0.3) is 0 Å². The van der Waals surface area contributed by atoms with Crippen LogP contribution in [-0.4, -0.2) is 40.1 Å². The number of hydrogen-bond acceptors (Lipinski definition) is 6. The van der Waals surface area contributed by atoms with Crippen LogP contribution in [0.2, 0.25) is 0 Å². The van der Waals surface area contributed by atoms with Gasteiger partial charge in [-0.25, -0.2) is 0 Å². The van der Waals surface area contributed by atoms with E-state index in [-0.39, 0.29) is 11.2 Å². The quantitative estimate of drug-likeness (QED) is 0.707. The largest absolute Gasteiger partial charge is 0.357 e. The van der Waals surface area contributed by atoms with Crippen LogP contribution in [0.3, 0.4) is 0 Å². The predicted molar refractivity (Wildman–Crippen MR) is 111 cm³/mol. The summed E-state index contributed by atoms with van der Waals surface area (Å²) in [6.45, 7) is 1.74. The molecular weight excluding hydrogens is 376 g/mol. The standard InChI is InChI=1S/C20H26N4OS2/c25-18(24-13-7-8-14-24)17(15-9-3-1-4-10-15)26-20-23-22-19(27-20)21-16-11-5-2-6-12-16/h1,3-4,9-10,16-17H,2,5-8,11-14H2,(H,21,22). The molecule has 2 aromatic rings. The van der Waals surface area contributed by atoms with Crippen molar-refractivity contribution in [3.63, 3.8) is 0 Å². The first kappa shape index (κ1) is 18.7. The molecular formula is C20H26N4OS2. The zero-order valence-electron chi connectivity index (χ0n) is 15.5. The number of hydrogen-bond donors (Lipinski definition) is 1. The summed E-state index contributed by atoms with van der Waals surface area (Å²) in [6.07, 6.45) is 8.55. The van der Waals surface area contributed by atoms with Gasteiger partial charge in [0.05, 0.1) is 0 Å². The van der Waals surface area contributed by atoms with Crippen molar-refractivity contribution in [1.82, 2.24) is 15.1 Å². The van der Waals surface area contributed by atoms with E-state index in [1.807, 2.05) is 35.2 Å². The summed E-state index contributed by atoms with van der Waals surface area (Å²) >= 11 is 3.10. The molecule has 1 aliphatic heterocycles. The van der Waals surface area contributed by atoms with Gasteiger partial charge in [0.2, 0.25) is 11.0 Å². The average Bonchev–Trinajstić information content (AvgIpc) is 3.39. The van der Waals surface area contributed by atoms with E-state index in [1.165, 1.54) is 43.9 Å². The maximum atomic E-state index is 13.1. The molecule has 2 fully saturated rings. The fourth-order valence-electron chi connectivity index (χ4n) is 3.83. The molecule has 1 unspecified atom stereocenters. The number of aromatic nitrogens is 2. The molecule has 1 saturated carbocycles. The van der Waals surface area contributed by atoms with E-state index in [2.05, 4.69) is 15.5 Å². The lowest BCUT2D eigenvalue weighted by Crippen LogP contribution is -2.31. The second kappa shape index (κ2) is 9.06. The first-order valence-electron chi connectivity index (χ1n) is 9.90. The summed E-state index contributed by atoms with van der Waals surface area (Å²) in [5, 5.41) is 12.8. The van der Waals surface area contributed by atoms with Crippen molar-refractivity contribution in [3.05, 3.63) is 35.9 Å². The molecule has 0 bridgehead atoms. The average molecular weight is 403 g/mol. The smallest absolute Gasteiger partial charge is 0.240 e. The van der Waals surface area contributed by atoms with Gasteiger partial charge in [0, 0.05) is 19.1 Å². The molecule has 5 nitrogen and oxygen atoms in total. The van der Waals surface area contributed by atoms with Gasteiger partial charge in [-0.1, -0.05) is 72.7 Å². The van der Waals surface area contributed by atoms with Crippen LogP contribution in [0.5, 0.6) is 0 Å². The third-order valence-electron chi connectivity index (χ3n) is 5.30. The minimum Gasteiger partial charge on any atom is -0.357 e. The molecule has 1 aromatic heterocycles. The van der Waals surface area contributed by atoms with Crippen LogP contribution in [-0.2, 0) is 4.79 Å². The second-order valence-electron chi connectivity index (χ2n) is 7.29. The van der Waals surface area contributed by atoms with E-state index < -0.39 is 0 Å². The Bertz CT molecular complexity index is 739. The van der Waals surface area contributed by atoms with Crippen molar-refractivity contribution in [1.29, 1.82) is 0 Å². The third kappa shape index (κ3) is 4.82. The fraction of sp³-hybridized carbons (Fsp3) is 0.550. The van der Waals surface area contributed by atoms with Crippen molar-refractivity contribution in [2.24, 2.45) is 0 Å². The van der Waals surface area contributed by atoms with Gasteiger partial charge in [-0.2, -0.15) is 0 Å². The van der Waals surface area contributed by atoms with E-state index in [0.29, 0.717) is 6.04 Å². The third-order valence-corrected chi connectivity index (χ3v) is 7.48. The Morgan fingerprint density at radius 1 is 1.07 bits per heavy atom. The lowest BCUT2D eigenvalue weighted by molar-refractivity contribution is -0.129. The van der Waals surface area contributed by atoms with E-state index >= 15 is 0 Å². The van der Waals surface area contributed by atoms with Crippen molar-refractivity contribution >= 4 is 34.1 Å². The molecule has 27 heavy (non-hydrogen) atoms. The van der Waals surface area contributed by atoms with Crippen LogP contribution in [0, 0.1) is 0 Å². The molecule has 0 radical (unpaired) electrons. The summed E-state index contributed by atoms with van der Waals surface area (Å²) in [5.74, 6) is 0.195. The number of carbonyl (C=O) groups is 1. The summed E-state index contributed by atoms with van der Waals surface area (Å²) in [6, 6.07) is 10.6. The van der Waals surface area contributed by atoms with Crippen LogP contribution in [0.4, 0.5) is 5.13 Å². The zero-order valence-corrected chi connectivity index (χ0v) is 17.1. The molecule has 7 heteroatoms. The topological polar surface area (TPSA) is 58.1 Å². The summed E-state index contributed by atoms with van der Waals surface area (Å²) in [7, 11) is 0. The minimum atomic E-state index is -0.250. The molecule has 4 rings (SSSR count). The molecule has 1 saturated heterocycles. The summed E-state index contributed by atoms with van der Waals surface area (Å²) in [5.41, 5.74) is 1.04. The van der Waals surface area contributed by atoms with E-state index in [1.54, 1.807) is 11.3 Å². The number of benzene rings is 1. The number of thioether (sulfide) groups is 1. The van der Waals surface area contributed by atoms with Gasteiger partial charge >= 0.3 is 0 Å². The summed E-state index contributed by atoms with van der Waals surface area (Å²) in [4.78, 5) is 15.1. The molecule has 144 valence electrons. The van der Waals surface area contributed by atoms with Gasteiger partial charge in [0.1, 0.15) is 5.25 Å². The SMILES string of the molecule is O=C(C(Sc1nnc(NC2CCCCC2)s1)c1ccccc1)N1CCCC1. The maximum Gasteiger partial charge on any atom is 0.240 e. The monoisotopic (exact) mass is 402 g/mol. The highest BCUT2D eigenvalue weighted by molar-refractivity contribution is 8.01. The van der Waals surface area contributed by atoms with Crippen LogP contribution >= 0.6 is 23.1 Å². The number of likely N-dealkylation sites (tertiary alicyclic amines) is 1. The first-order valence-corrected chi connectivity index (χ1v) is 11.6. The molecule has 2 aliphatic rings. The lowest BCUT2D eigenvalue weighted by Gasteiger charge is -2.22. The highest BCUT2D eigenvalue weighted by atomic mass is 32.2. The lowest BCUT2D eigenvalue weighted by atomic mass is 9.96. The van der Waals surface area contributed by atoms with Gasteiger partial charge < -0.3 is 10.2 Å². The zero-order chi connectivity index (χ0) is 18.5. The van der Waals surface area contributed by atoms with Crippen LogP contribution in [0.1, 0.15) is 55.8 Å². The highest BCUT2D eigenvalue weighted by Crippen LogP contribution is 2.40. The second-order valence-corrected chi connectivity index (χ2v) is 9.62. The number of carbonyl (C=O) groups excluding carboxylic acids is 1. The van der Waals surface area contributed by atoms with E-state index in [4.69, 9.17) is 0 Å². The van der Waals surface area contributed by atoms with Crippen LogP contribution in [0.15, 0.2) is 34.7 Å². The van der Waals surface area contributed by atoms with Crippen molar-refractivity contribution in [3.8, 4) is 0 Å². The van der Waals surface area contributed by atoms with Gasteiger partial charge in [-0.15, -0.1) is 10.2 Å². The Morgan fingerprint density at radius 3 is 2.56 bits per heavy atom. The van der Waals surface area contributed by atoms with Crippen LogP contribution in [0.25, 0.3) is 0 Å². The molecule has 0 spiro atoms.